The van der Waals surface area contributed by atoms with Gasteiger partial charge in [-0.1, -0.05) is 18.2 Å². The Morgan fingerprint density at radius 2 is 2.21 bits per heavy atom. The molecule has 0 radical (unpaired) electrons. The smallest absolute Gasteiger partial charge is 0.328 e. The average molecular weight is 191 g/mol. The fourth-order valence-electron chi connectivity index (χ4n) is 1.92. The highest BCUT2D eigenvalue weighted by atomic mass is 16.5. The fourth-order valence-corrected chi connectivity index (χ4v) is 1.92. The summed E-state index contributed by atoms with van der Waals surface area (Å²) in [5.74, 6) is -0.163. The van der Waals surface area contributed by atoms with Crippen LogP contribution >= 0.6 is 0 Å². The summed E-state index contributed by atoms with van der Waals surface area (Å²) in [5.41, 5.74) is 2.34. The van der Waals surface area contributed by atoms with E-state index in [0.717, 1.165) is 12.1 Å². The van der Waals surface area contributed by atoms with Crippen LogP contribution in [0.5, 0.6) is 0 Å². The summed E-state index contributed by atoms with van der Waals surface area (Å²) in [6.45, 7) is 0. The molecular weight excluding hydrogens is 178 g/mol. The number of hydrogen-bond donors (Lipinski definition) is 0. The molecule has 0 N–H and O–H groups in total. The highest BCUT2D eigenvalue weighted by Crippen LogP contribution is 2.30. The highest BCUT2D eigenvalue weighted by Gasteiger charge is 2.32. The Labute approximate surface area is 83.3 Å². The minimum Gasteiger partial charge on any atom is -0.467 e. The first-order chi connectivity index (χ1) is 6.74. The molecule has 1 aromatic rings. The van der Waals surface area contributed by atoms with Crippen LogP contribution in [0.1, 0.15) is 5.56 Å². The van der Waals surface area contributed by atoms with Crippen LogP contribution in [0.3, 0.4) is 0 Å². The van der Waals surface area contributed by atoms with Crippen LogP contribution in [0.2, 0.25) is 0 Å². The predicted octanol–water partition coefficient (Wildman–Crippen LogP) is 1.22. The molecule has 0 bridgehead atoms. The summed E-state index contributed by atoms with van der Waals surface area (Å²) in [5, 5.41) is 0. The molecule has 0 saturated heterocycles. The fraction of sp³-hybridized carbons (Fsp3) is 0.364. The SMILES string of the molecule is COC(=O)C1Cc2ccccc2N1C. The number of anilines is 1. The van der Waals surface area contributed by atoms with E-state index in [1.54, 1.807) is 0 Å². The number of esters is 1. The summed E-state index contributed by atoms with van der Waals surface area (Å²) in [7, 11) is 3.35. The summed E-state index contributed by atoms with van der Waals surface area (Å²) < 4.78 is 4.76. The number of carbonyl (C=O) groups is 1. The van der Waals surface area contributed by atoms with Gasteiger partial charge in [-0.3, -0.25) is 0 Å². The van der Waals surface area contributed by atoms with Crippen molar-refractivity contribution in [3.63, 3.8) is 0 Å². The third-order valence-corrected chi connectivity index (χ3v) is 2.73. The first-order valence-electron chi connectivity index (χ1n) is 4.62. The molecule has 0 fully saturated rings. The lowest BCUT2D eigenvalue weighted by Gasteiger charge is -2.19. The minimum absolute atomic E-state index is 0.155. The molecular formula is C11H13NO2. The molecule has 0 aliphatic carbocycles. The molecule has 1 atom stereocenters. The molecule has 1 unspecified atom stereocenters. The normalized spacial score (nSPS) is 19.3. The quantitative estimate of drug-likeness (QED) is 0.625. The van der Waals surface area contributed by atoms with Gasteiger partial charge in [0.1, 0.15) is 6.04 Å². The summed E-state index contributed by atoms with van der Waals surface area (Å²) in [4.78, 5) is 13.4. The van der Waals surface area contributed by atoms with Crippen molar-refractivity contribution in [1.82, 2.24) is 0 Å². The third-order valence-electron chi connectivity index (χ3n) is 2.73. The largest absolute Gasteiger partial charge is 0.467 e. The molecule has 1 aromatic carbocycles. The molecule has 3 heteroatoms. The van der Waals surface area contributed by atoms with Gasteiger partial charge in [-0.2, -0.15) is 0 Å². The molecule has 2 rings (SSSR count). The van der Waals surface area contributed by atoms with Gasteiger partial charge in [0.25, 0.3) is 0 Å². The van der Waals surface area contributed by atoms with E-state index < -0.39 is 0 Å². The van der Waals surface area contributed by atoms with Crippen molar-refractivity contribution < 1.29 is 9.53 Å². The van der Waals surface area contributed by atoms with Crippen LogP contribution in [-0.2, 0) is 16.0 Å². The van der Waals surface area contributed by atoms with Crippen molar-refractivity contribution in [1.29, 1.82) is 0 Å². The lowest BCUT2D eigenvalue weighted by molar-refractivity contribution is -0.141. The van der Waals surface area contributed by atoms with Gasteiger partial charge in [0, 0.05) is 19.2 Å². The number of fused-ring (bicyclic) bond motifs is 1. The third kappa shape index (κ3) is 1.25. The molecule has 0 amide bonds. The molecule has 1 heterocycles. The molecule has 0 saturated carbocycles. The van der Waals surface area contributed by atoms with Gasteiger partial charge in [-0.05, 0) is 11.6 Å². The molecule has 1 aliphatic heterocycles. The van der Waals surface area contributed by atoms with Crippen molar-refractivity contribution >= 4 is 11.7 Å². The van der Waals surface area contributed by atoms with Gasteiger partial charge in [0.15, 0.2) is 0 Å². The monoisotopic (exact) mass is 191 g/mol. The number of ether oxygens (including phenoxy) is 1. The second-order valence-corrected chi connectivity index (χ2v) is 3.48. The van der Waals surface area contributed by atoms with E-state index in [1.807, 2.05) is 30.1 Å². The highest BCUT2D eigenvalue weighted by molar-refractivity contribution is 5.83. The van der Waals surface area contributed by atoms with E-state index in [2.05, 4.69) is 6.07 Å². The number of carbonyl (C=O) groups excluding carboxylic acids is 1. The zero-order valence-corrected chi connectivity index (χ0v) is 8.36. The first-order valence-corrected chi connectivity index (χ1v) is 4.62. The van der Waals surface area contributed by atoms with Crippen LogP contribution in [0.25, 0.3) is 0 Å². The van der Waals surface area contributed by atoms with E-state index in [9.17, 15) is 4.79 Å². The molecule has 1 aliphatic rings. The standard InChI is InChI=1S/C11H13NO2/c1-12-9-6-4-3-5-8(9)7-10(12)11(13)14-2/h3-6,10H,7H2,1-2H3. The van der Waals surface area contributed by atoms with Crippen molar-refractivity contribution in [2.24, 2.45) is 0 Å². The first kappa shape index (κ1) is 9.06. The Hall–Kier alpha value is -1.51. The predicted molar refractivity (Wildman–Crippen MR) is 54.4 cm³/mol. The van der Waals surface area contributed by atoms with Crippen molar-refractivity contribution in [3.8, 4) is 0 Å². The molecule has 74 valence electrons. The molecule has 0 aromatic heterocycles. The van der Waals surface area contributed by atoms with Crippen molar-refractivity contribution in [2.75, 3.05) is 19.1 Å². The Bertz CT molecular complexity index is 362. The van der Waals surface area contributed by atoms with Crippen LogP contribution < -0.4 is 4.90 Å². The van der Waals surface area contributed by atoms with E-state index >= 15 is 0 Å². The Kier molecular flexibility index (Phi) is 2.15. The lowest BCUT2D eigenvalue weighted by atomic mass is 10.1. The second-order valence-electron chi connectivity index (χ2n) is 3.48. The number of rotatable bonds is 1. The lowest BCUT2D eigenvalue weighted by Crippen LogP contribution is -2.36. The van der Waals surface area contributed by atoms with Crippen LogP contribution in [-0.4, -0.2) is 26.2 Å². The van der Waals surface area contributed by atoms with Crippen molar-refractivity contribution in [2.45, 2.75) is 12.5 Å². The van der Waals surface area contributed by atoms with Gasteiger partial charge in [0.2, 0.25) is 0 Å². The minimum atomic E-state index is -0.163. The van der Waals surface area contributed by atoms with Crippen LogP contribution in [0, 0.1) is 0 Å². The van der Waals surface area contributed by atoms with Gasteiger partial charge in [-0.15, -0.1) is 0 Å². The number of nitrogens with zero attached hydrogens (tertiary/aromatic N) is 1. The zero-order valence-electron chi connectivity index (χ0n) is 8.36. The number of benzene rings is 1. The van der Waals surface area contributed by atoms with E-state index in [1.165, 1.54) is 12.7 Å². The van der Waals surface area contributed by atoms with E-state index in [0.29, 0.717) is 0 Å². The Balaban J connectivity index is 2.30. The van der Waals surface area contributed by atoms with Crippen LogP contribution in [0.15, 0.2) is 24.3 Å². The van der Waals surface area contributed by atoms with Gasteiger partial charge < -0.3 is 9.64 Å². The maximum Gasteiger partial charge on any atom is 0.328 e. The summed E-state index contributed by atoms with van der Waals surface area (Å²) in [6.07, 6.45) is 0.749. The summed E-state index contributed by atoms with van der Waals surface area (Å²) >= 11 is 0. The van der Waals surface area contributed by atoms with Gasteiger partial charge in [0.05, 0.1) is 7.11 Å². The maximum absolute atomic E-state index is 11.4. The maximum atomic E-state index is 11.4. The van der Waals surface area contributed by atoms with E-state index in [-0.39, 0.29) is 12.0 Å². The average Bonchev–Trinajstić information content (AvgIpc) is 2.56. The molecule has 3 nitrogen and oxygen atoms in total. The molecule has 0 spiro atoms. The number of methoxy groups -OCH3 is 1. The van der Waals surface area contributed by atoms with Crippen molar-refractivity contribution in [3.05, 3.63) is 29.8 Å². The van der Waals surface area contributed by atoms with Gasteiger partial charge in [-0.25, -0.2) is 4.79 Å². The zero-order chi connectivity index (χ0) is 10.1. The summed E-state index contributed by atoms with van der Waals surface area (Å²) in [6, 6.07) is 7.89. The number of hydrogen-bond acceptors (Lipinski definition) is 3. The number of likely N-dealkylation sites (N-methyl/N-ethyl adjacent to an activating group) is 1. The second kappa shape index (κ2) is 3.33. The number of para-hydroxylation sites is 1. The van der Waals surface area contributed by atoms with Crippen LogP contribution in [0.4, 0.5) is 5.69 Å². The topological polar surface area (TPSA) is 29.5 Å². The molecule has 14 heavy (non-hydrogen) atoms. The van der Waals surface area contributed by atoms with Gasteiger partial charge >= 0.3 is 5.97 Å². The Morgan fingerprint density at radius 3 is 2.86 bits per heavy atom. The Morgan fingerprint density at radius 1 is 1.50 bits per heavy atom. The van der Waals surface area contributed by atoms with E-state index in [4.69, 9.17) is 4.74 Å².